The molecule has 0 unspecified atom stereocenters. The predicted molar refractivity (Wildman–Crippen MR) is 56.7 cm³/mol. The molecule has 7 heteroatoms. The molecule has 0 bridgehead atoms. The Hall–Kier alpha value is -1.89. The first-order valence-electron chi connectivity index (χ1n) is 4.91. The Morgan fingerprint density at radius 1 is 1.47 bits per heavy atom. The summed E-state index contributed by atoms with van der Waals surface area (Å²) in [4.78, 5) is 22.3. The van der Waals surface area contributed by atoms with E-state index >= 15 is 0 Å². The lowest BCUT2D eigenvalue weighted by Crippen LogP contribution is -2.28. The standard InChI is InChI=1S/C10H14N2O5/c1-10(2,3)17-9(16)12-6(5-13)4-7(11-12)8(14)15/h4,13H,5H2,1-3H3,(H,14,15). The average molecular weight is 242 g/mol. The summed E-state index contributed by atoms with van der Waals surface area (Å²) >= 11 is 0. The Morgan fingerprint density at radius 2 is 2.06 bits per heavy atom. The topological polar surface area (TPSA) is 102 Å². The summed E-state index contributed by atoms with van der Waals surface area (Å²) in [5.74, 6) is -1.28. The number of rotatable bonds is 2. The van der Waals surface area contributed by atoms with Crippen LogP contribution in [0.4, 0.5) is 4.79 Å². The van der Waals surface area contributed by atoms with E-state index in [0.717, 1.165) is 10.7 Å². The smallest absolute Gasteiger partial charge is 0.435 e. The van der Waals surface area contributed by atoms with Gasteiger partial charge >= 0.3 is 12.1 Å². The summed E-state index contributed by atoms with van der Waals surface area (Å²) in [5, 5.41) is 21.3. The van der Waals surface area contributed by atoms with Gasteiger partial charge in [0.25, 0.3) is 0 Å². The summed E-state index contributed by atoms with van der Waals surface area (Å²) in [6.45, 7) is 4.51. The molecule has 1 heterocycles. The lowest BCUT2D eigenvalue weighted by molar-refractivity contribution is 0.0500. The molecule has 0 saturated carbocycles. The first-order chi connectivity index (χ1) is 7.74. The van der Waals surface area contributed by atoms with Crippen molar-refractivity contribution in [2.45, 2.75) is 33.0 Å². The van der Waals surface area contributed by atoms with Crippen molar-refractivity contribution in [1.29, 1.82) is 0 Å². The third-order valence-corrected chi connectivity index (χ3v) is 1.73. The molecule has 0 aliphatic rings. The number of carbonyl (C=O) groups excluding carboxylic acids is 1. The summed E-state index contributed by atoms with van der Waals surface area (Å²) < 4.78 is 5.76. The van der Waals surface area contributed by atoms with Crippen molar-refractivity contribution >= 4 is 12.1 Å². The van der Waals surface area contributed by atoms with Crippen LogP contribution in [0.25, 0.3) is 0 Å². The molecule has 0 aromatic carbocycles. The Kier molecular flexibility index (Phi) is 3.52. The minimum absolute atomic E-state index is 0.0663. The number of carboxylic acid groups (broad SMARTS) is 1. The molecule has 1 aromatic rings. The highest BCUT2D eigenvalue weighted by Crippen LogP contribution is 2.11. The number of ether oxygens (including phenoxy) is 1. The second-order valence-corrected chi connectivity index (χ2v) is 4.38. The van der Waals surface area contributed by atoms with Crippen LogP contribution in [0.5, 0.6) is 0 Å². The Bertz CT molecular complexity index is 444. The van der Waals surface area contributed by atoms with Crippen molar-refractivity contribution < 1.29 is 24.5 Å². The quantitative estimate of drug-likeness (QED) is 0.797. The Labute approximate surface area is 97.6 Å². The van der Waals surface area contributed by atoms with E-state index in [9.17, 15) is 9.59 Å². The fraction of sp³-hybridized carbons (Fsp3) is 0.500. The Morgan fingerprint density at radius 3 is 2.47 bits per heavy atom. The van der Waals surface area contributed by atoms with Gasteiger partial charge in [0.2, 0.25) is 0 Å². The van der Waals surface area contributed by atoms with E-state index in [1.807, 2.05) is 0 Å². The van der Waals surface area contributed by atoms with Gasteiger partial charge in [-0.05, 0) is 26.8 Å². The third-order valence-electron chi connectivity index (χ3n) is 1.73. The van der Waals surface area contributed by atoms with Gasteiger partial charge in [0, 0.05) is 0 Å². The van der Waals surface area contributed by atoms with E-state index in [4.69, 9.17) is 14.9 Å². The van der Waals surface area contributed by atoms with Crippen LogP contribution in [0, 0.1) is 0 Å². The zero-order valence-corrected chi connectivity index (χ0v) is 9.80. The second kappa shape index (κ2) is 4.54. The van der Waals surface area contributed by atoms with E-state index in [0.29, 0.717) is 0 Å². The van der Waals surface area contributed by atoms with Crippen molar-refractivity contribution in [1.82, 2.24) is 9.78 Å². The maximum absolute atomic E-state index is 11.7. The van der Waals surface area contributed by atoms with Crippen molar-refractivity contribution in [2.24, 2.45) is 0 Å². The zero-order chi connectivity index (χ0) is 13.2. The predicted octanol–water partition coefficient (Wildman–Crippen LogP) is 0.857. The number of aromatic nitrogens is 2. The molecule has 0 spiro atoms. The molecule has 17 heavy (non-hydrogen) atoms. The maximum Gasteiger partial charge on any atom is 0.435 e. The first-order valence-corrected chi connectivity index (χ1v) is 4.91. The number of aliphatic hydroxyl groups excluding tert-OH is 1. The molecule has 2 N–H and O–H groups in total. The highest BCUT2D eigenvalue weighted by molar-refractivity contribution is 5.86. The van der Waals surface area contributed by atoms with Crippen molar-refractivity contribution in [3.05, 3.63) is 17.5 Å². The lowest BCUT2D eigenvalue weighted by Gasteiger charge is -2.19. The minimum atomic E-state index is -1.28. The van der Waals surface area contributed by atoms with Gasteiger partial charge in [-0.1, -0.05) is 0 Å². The van der Waals surface area contributed by atoms with Crippen LogP contribution in [0.3, 0.4) is 0 Å². The summed E-state index contributed by atoms with van der Waals surface area (Å²) in [7, 11) is 0. The molecular weight excluding hydrogens is 228 g/mol. The number of aromatic carboxylic acids is 1. The third kappa shape index (κ3) is 3.28. The fourth-order valence-corrected chi connectivity index (χ4v) is 1.10. The van der Waals surface area contributed by atoms with Crippen LogP contribution in [0.15, 0.2) is 6.07 Å². The van der Waals surface area contributed by atoms with Gasteiger partial charge in [0.05, 0.1) is 12.3 Å². The van der Waals surface area contributed by atoms with Crippen molar-refractivity contribution in [3.8, 4) is 0 Å². The normalized spacial score (nSPS) is 11.3. The summed E-state index contributed by atoms with van der Waals surface area (Å²) in [5.41, 5.74) is -0.976. The van der Waals surface area contributed by atoms with Gasteiger partial charge in [0.1, 0.15) is 5.60 Å². The van der Waals surface area contributed by atoms with Crippen LogP contribution in [-0.4, -0.2) is 37.7 Å². The number of nitrogens with zero attached hydrogens (tertiary/aromatic N) is 2. The first kappa shape index (κ1) is 13.2. The van der Waals surface area contributed by atoms with Crippen LogP contribution < -0.4 is 0 Å². The zero-order valence-electron chi connectivity index (χ0n) is 9.80. The van der Waals surface area contributed by atoms with Crippen molar-refractivity contribution in [2.75, 3.05) is 0 Å². The highest BCUT2D eigenvalue weighted by Gasteiger charge is 2.22. The van der Waals surface area contributed by atoms with Crippen LogP contribution in [0.2, 0.25) is 0 Å². The van der Waals surface area contributed by atoms with Gasteiger partial charge in [0.15, 0.2) is 5.69 Å². The summed E-state index contributed by atoms with van der Waals surface area (Å²) in [6.07, 6.45) is -0.825. The van der Waals surface area contributed by atoms with Gasteiger partial charge in [-0.2, -0.15) is 9.78 Å². The number of carbonyl (C=O) groups is 2. The second-order valence-electron chi connectivity index (χ2n) is 4.38. The average Bonchev–Trinajstić information content (AvgIpc) is 2.58. The lowest BCUT2D eigenvalue weighted by atomic mass is 10.2. The number of aliphatic hydroxyl groups is 1. The molecule has 0 saturated heterocycles. The molecule has 1 aromatic heterocycles. The molecule has 0 aliphatic heterocycles. The SMILES string of the molecule is CC(C)(C)OC(=O)n1nc(C(=O)O)cc1CO. The van der Waals surface area contributed by atoms with Gasteiger partial charge in [-0.15, -0.1) is 0 Å². The van der Waals surface area contributed by atoms with E-state index in [1.54, 1.807) is 20.8 Å². The molecule has 1 rings (SSSR count). The monoisotopic (exact) mass is 242 g/mol. The molecule has 94 valence electrons. The van der Waals surface area contributed by atoms with Crippen LogP contribution in [-0.2, 0) is 11.3 Å². The van der Waals surface area contributed by atoms with E-state index < -0.39 is 24.3 Å². The molecule has 0 amide bonds. The number of hydrogen-bond donors (Lipinski definition) is 2. The molecule has 0 fully saturated rings. The molecule has 7 nitrogen and oxygen atoms in total. The van der Waals surface area contributed by atoms with Crippen molar-refractivity contribution in [3.63, 3.8) is 0 Å². The van der Waals surface area contributed by atoms with E-state index in [-0.39, 0.29) is 11.4 Å². The molecule has 0 radical (unpaired) electrons. The Balaban J connectivity index is 3.04. The molecular formula is C10H14N2O5. The number of carboxylic acids is 1. The van der Waals surface area contributed by atoms with Crippen LogP contribution in [0.1, 0.15) is 37.0 Å². The maximum atomic E-state index is 11.7. The van der Waals surface area contributed by atoms with Gasteiger partial charge in [-0.25, -0.2) is 9.59 Å². The molecule has 0 aliphatic carbocycles. The number of hydrogen-bond acceptors (Lipinski definition) is 5. The van der Waals surface area contributed by atoms with Gasteiger partial charge < -0.3 is 14.9 Å². The van der Waals surface area contributed by atoms with Crippen LogP contribution >= 0.6 is 0 Å². The van der Waals surface area contributed by atoms with Gasteiger partial charge in [-0.3, -0.25) is 0 Å². The van der Waals surface area contributed by atoms with E-state index in [2.05, 4.69) is 5.10 Å². The minimum Gasteiger partial charge on any atom is -0.476 e. The summed E-state index contributed by atoms with van der Waals surface area (Å²) in [6, 6.07) is 1.12. The molecule has 0 atom stereocenters. The fourth-order valence-electron chi connectivity index (χ4n) is 1.10. The van der Waals surface area contributed by atoms with E-state index in [1.165, 1.54) is 0 Å². The highest BCUT2D eigenvalue weighted by atomic mass is 16.6. The largest absolute Gasteiger partial charge is 0.476 e.